The minimum absolute atomic E-state index is 0.0569. The molecule has 9 heteroatoms. The van der Waals surface area contributed by atoms with Gasteiger partial charge in [0.2, 0.25) is 5.95 Å². The Balaban J connectivity index is 2.32. The number of ketones is 1. The van der Waals surface area contributed by atoms with Gasteiger partial charge in [0.1, 0.15) is 6.54 Å². The quantitative estimate of drug-likeness (QED) is 0.742. The number of aromatic nitrogens is 4. The van der Waals surface area contributed by atoms with Crippen LogP contribution in [0.4, 0.5) is 5.95 Å². The number of nitrogens with zero attached hydrogens (tertiary/aromatic N) is 6. The first kappa shape index (κ1) is 16.9. The van der Waals surface area contributed by atoms with Gasteiger partial charge in [0.05, 0.1) is 12.3 Å². The monoisotopic (exact) mass is 344 g/mol. The van der Waals surface area contributed by atoms with Gasteiger partial charge in [0, 0.05) is 13.6 Å². The fourth-order valence-corrected chi connectivity index (χ4v) is 2.91. The predicted molar refractivity (Wildman–Crippen MR) is 95.2 cm³/mol. The van der Waals surface area contributed by atoms with Crippen LogP contribution in [0.25, 0.3) is 11.2 Å². The van der Waals surface area contributed by atoms with E-state index in [-0.39, 0.29) is 18.9 Å². The molecule has 0 saturated carbocycles. The first-order chi connectivity index (χ1) is 11.8. The average molecular weight is 344 g/mol. The van der Waals surface area contributed by atoms with Gasteiger partial charge in [0.15, 0.2) is 16.9 Å². The molecule has 2 aromatic rings. The number of aryl methyl sites for hydroxylation is 1. The molecule has 1 aliphatic rings. The van der Waals surface area contributed by atoms with Crippen molar-refractivity contribution in [3.8, 4) is 0 Å². The third-order valence-electron chi connectivity index (χ3n) is 4.02. The molecule has 0 spiro atoms. The summed E-state index contributed by atoms with van der Waals surface area (Å²) in [6.07, 6.45) is 3.53. The largest absolute Gasteiger partial charge is 0.332 e. The minimum Gasteiger partial charge on any atom is -0.298 e. The summed E-state index contributed by atoms with van der Waals surface area (Å²) in [6.45, 7) is 5.75. The number of hydrogen-bond donors (Lipinski definition) is 0. The van der Waals surface area contributed by atoms with Crippen molar-refractivity contribution >= 4 is 28.6 Å². The van der Waals surface area contributed by atoms with Crippen LogP contribution in [-0.2, 0) is 24.9 Å². The molecule has 3 rings (SSSR count). The van der Waals surface area contributed by atoms with E-state index < -0.39 is 11.2 Å². The molecule has 132 valence electrons. The Morgan fingerprint density at radius 2 is 2.04 bits per heavy atom. The fourth-order valence-electron chi connectivity index (χ4n) is 2.91. The summed E-state index contributed by atoms with van der Waals surface area (Å²) >= 11 is 0. The van der Waals surface area contributed by atoms with Crippen LogP contribution >= 0.6 is 0 Å². The van der Waals surface area contributed by atoms with Crippen molar-refractivity contribution in [2.75, 3.05) is 11.6 Å². The van der Waals surface area contributed by atoms with Crippen molar-refractivity contribution in [2.45, 2.75) is 33.9 Å². The maximum Gasteiger partial charge on any atom is 0.332 e. The Labute approximate surface area is 143 Å². The zero-order chi connectivity index (χ0) is 18.3. The molecule has 2 aromatic heterocycles. The topological polar surface area (TPSA) is 94.5 Å². The highest BCUT2D eigenvalue weighted by atomic mass is 16.2. The van der Waals surface area contributed by atoms with Crippen LogP contribution in [0.2, 0.25) is 0 Å². The number of hydrogen-bond acceptors (Lipinski definition) is 6. The zero-order valence-electron chi connectivity index (χ0n) is 14.7. The third kappa shape index (κ3) is 2.71. The SMILES string of the molecule is CC=CCn1c(=O)c2c(nc3n2CC(C)=NN3CC(C)=O)n(C)c1=O. The number of imidazole rings is 1. The van der Waals surface area contributed by atoms with Crippen molar-refractivity contribution in [3.63, 3.8) is 0 Å². The normalized spacial score (nSPS) is 14.2. The molecule has 0 atom stereocenters. The minimum atomic E-state index is -0.429. The van der Waals surface area contributed by atoms with E-state index in [1.54, 1.807) is 23.8 Å². The van der Waals surface area contributed by atoms with Crippen LogP contribution in [0.15, 0.2) is 26.8 Å². The highest BCUT2D eigenvalue weighted by Gasteiger charge is 2.26. The van der Waals surface area contributed by atoms with Crippen LogP contribution in [0.3, 0.4) is 0 Å². The number of fused-ring (bicyclic) bond motifs is 3. The van der Waals surface area contributed by atoms with E-state index in [2.05, 4.69) is 10.1 Å². The van der Waals surface area contributed by atoms with E-state index >= 15 is 0 Å². The van der Waals surface area contributed by atoms with E-state index in [1.807, 2.05) is 13.8 Å². The summed E-state index contributed by atoms with van der Waals surface area (Å²) in [5, 5.41) is 5.82. The molecule has 0 aromatic carbocycles. The van der Waals surface area contributed by atoms with Gasteiger partial charge in [-0.2, -0.15) is 10.1 Å². The van der Waals surface area contributed by atoms with E-state index in [9.17, 15) is 14.4 Å². The lowest BCUT2D eigenvalue weighted by Gasteiger charge is -2.23. The van der Waals surface area contributed by atoms with Gasteiger partial charge in [-0.1, -0.05) is 12.2 Å². The summed E-state index contributed by atoms with van der Waals surface area (Å²) in [4.78, 5) is 41.4. The second-order valence-electron chi connectivity index (χ2n) is 6.09. The number of hydrazone groups is 1. The molecular formula is C16H20N6O3. The van der Waals surface area contributed by atoms with Crippen LogP contribution in [0.1, 0.15) is 20.8 Å². The average Bonchev–Trinajstić information content (AvgIpc) is 2.92. The van der Waals surface area contributed by atoms with Crippen molar-refractivity contribution in [1.29, 1.82) is 0 Å². The van der Waals surface area contributed by atoms with Crippen molar-refractivity contribution in [3.05, 3.63) is 33.0 Å². The molecule has 9 nitrogen and oxygen atoms in total. The molecule has 25 heavy (non-hydrogen) atoms. The van der Waals surface area contributed by atoms with Gasteiger partial charge < -0.3 is 0 Å². The number of Topliss-reactive ketones (excluding diaryl/α,β-unsaturated/α-hetero) is 1. The molecule has 0 unspecified atom stereocenters. The summed E-state index contributed by atoms with van der Waals surface area (Å²) in [6, 6.07) is 0. The van der Waals surface area contributed by atoms with E-state index in [0.29, 0.717) is 23.7 Å². The summed E-state index contributed by atoms with van der Waals surface area (Å²) < 4.78 is 4.25. The van der Waals surface area contributed by atoms with Crippen LogP contribution in [-0.4, -0.2) is 36.7 Å². The van der Waals surface area contributed by atoms with Gasteiger partial charge in [-0.15, -0.1) is 0 Å². The molecule has 0 fully saturated rings. The Morgan fingerprint density at radius 3 is 2.68 bits per heavy atom. The Bertz CT molecular complexity index is 1040. The highest BCUT2D eigenvalue weighted by molar-refractivity contribution is 5.89. The molecule has 3 heterocycles. The third-order valence-corrected chi connectivity index (χ3v) is 4.02. The van der Waals surface area contributed by atoms with Crippen LogP contribution in [0.5, 0.6) is 0 Å². The van der Waals surface area contributed by atoms with E-state index in [4.69, 9.17) is 0 Å². The second-order valence-corrected chi connectivity index (χ2v) is 6.09. The Kier molecular flexibility index (Phi) is 4.15. The van der Waals surface area contributed by atoms with Gasteiger partial charge in [-0.05, 0) is 20.8 Å². The van der Waals surface area contributed by atoms with E-state index in [0.717, 1.165) is 5.71 Å². The van der Waals surface area contributed by atoms with Gasteiger partial charge >= 0.3 is 5.69 Å². The number of carbonyl (C=O) groups excluding carboxylic acids is 1. The molecule has 0 saturated heterocycles. The maximum absolute atomic E-state index is 12.9. The lowest BCUT2D eigenvalue weighted by Crippen LogP contribution is -2.39. The molecule has 0 aliphatic carbocycles. The standard InChI is InChI=1S/C16H20N6O3/c1-5-6-7-20-14(24)12-13(19(4)16(20)25)17-15-21(12)8-10(2)18-22(15)9-11(3)23/h5-6H,7-9H2,1-4H3. The van der Waals surface area contributed by atoms with Crippen molar-refractivity contribution in [1.82, 2.24) is 18.7 Å². The van der Waals surface area contributed by atoms with Gasteiger partial charge in [0.25, 0.3) is 5.56 Å². The van der Waals surface area contributed by atoms with Crippen LogP contribution < -0.4 is 16.3 Å². The van der Waals surface area contributed by atoms with Crippen molar-refractivity contribution in [2.24, 2.45) is 12.1 Å². The van der Waals surface area contributed by atoms with Crippen molar-refractivity contribution < 1.29 is 4.79 Å². The molecule has 0 N–H and O–H groups in total. The van der Waals surface area contributed by atoms with Crippen LogP contribution in [0, 0.1) is 0 Å². The summed E-state index contributed by atoms with van der Waals surface area (Å²) in [5.41, 5.74) is 0.556. The zero-order valence-corrected chi connectivity index (χ0v) is 14.7. The Hall–Kier alpha value is -2.97. The molecular weight excluding hydrogens is 324 g/mol. The predicted octanol–water partition coefficient (Wildman–Crippen LogP) is 0.258. The lowest BCUT2D eigenvalue weighted by atomic mass is 10.3. The number of rotatable bonds is 4. The first-order valence-corrected chi connectivity index (χ1v) is 7.97. The maximum atomic E-state index is 12.9. The molecule has 1 aliphatic heterocycles. The second kappa shape index (κ2) is 6.15. The number of anilines is 1. The Morgan fingerprint density at radius 1 is 1.32 bits per heavy atom. The van der Waals surface area contributed by atoms with Gasteiger partial charge in [-0.3, -0.25) is 23.3 Å². The fraction of sp³-hybridized carbons (Fsp3) is 0.438. The highest BCUT2D eigenvalue weighted by Crippen LogP contribution is 2.23. The summed E-state index contributed by atoms with van der Waals surface area (Å²) in [5.74, 6) is 0.322. The molecule has 0 radical (unpaired) electrons. The smallest absolute Gasteiger partial charge is 0.298 e. The van der Waals surface area contributed by atoms with E-state index in [1.165, 1.54) is 21.1 Å². The molecule has 0 bridgehead atoms. The number of carbonyl (C=O) groups is 1. The lowest BCUT2D eigenvalue weighted by molar-refractivity contribution is -0.115. The molecule has 0 amide bonds. The summed E-state index contributed by atoms with van der Waals surface area (Å²) in [7, 11) is 1.58. The number of allylic oxidation sites excluding steroid dienone is 2. The van der Waals surface area contributed by atoms with Gasteiger partial charge in [-0.25, -0.2) is 9.80 Å². The first-order valence-electron chi connectivity index (χ1n) is 7.97.